The summed E-state index contributed by atoms with van der Waals surface area (Å²) >= 11 is 0. The Balaban J connectivity index is 0. The quantitative estimate of drug-likeness (QED) is 0.619. The molecule has 0 aliphatic carbocycles. The fraction of sp³-hybridized carbons (Fsp3) is 1.00. The van der Waals surface area contributed by atoms with Gasteiger partial charge >= 0.3 is 0 Å². The molecule has 0 spiro atoms. The molecule has 0 rings (SSSR count). The highest BCUT2D eigenvalue weighted by atomic mass is 35.5. The zero-order valence-corrected chi connectivity index (χ0v) is 8.15. The maximum Gasteiger partial charge on any atom is 0.104 e. The molecule has 0 bridgehead atoms. The molecule has 0 aliphatic rings. The van der Waals surface area contributed by atoms with Gasteiger partial charge < -0.3 is 14.2 Å². The van der Waals surface area contributed by atoms with E-state index in [-0.39, 0.29) is 18.5 Å². The van der Waals surface area contributed by atoms with Gasteiger partial charge in [0, 0.05) is 20.8 Å². The van der Waals surface area contributed by atoms with Crippen molar-refractivity contribution in [2.45, 2.75) is 13.0 Å². The van der Waals surface area contributed by atoms with Crippen LogP contribution in [0.3, 0.4) is 0 Å². The zero-order valence-electron chi connectivity index (χ0n) is 7.33. The second kappa shape index (κ2) is 10.2. The van der Waals surface area contributed by atoms with Crippen LogP contribution in [0.4, 0.5) is 0 Å². The second-order valence-electron chi connectivity index (χ2n) is 1.97. The van der Waals surface area contributed by atoms with Crippen molar-refractivity contribution in [2.24, 2.45) is 0 Å². The minimum Gasteiger partial charge on any atom is -0.382 e. The Hall–Kier alpha value is 0.170. The molecule has 0 saturated carbocycles. The van der Waals surface area contributed by atoms with Crippen LogP contribution in [0.5, 0.6) is 0 Å². The van der Waals surface area contributed by atoms with Crippen LogP contribution in [0.25, 0.3) is 0 Å². The Morgan fingerprint density at radius 1 is 1.18 bits per heavy atom. The monoisotopic (exact) mass is 184 g/mol. The molecule has 0 radical (unpaired) electrons. The molecule has 0 fully saturated rings. The summed E-state index contributed by atoms with van der Waals surface area (Å²) in [6.07, 6.45) is 0.0740. The third-order valence-corrected chi connectivity index (χ3v) is 1.19. The highest BCUT2D eigenvalue weighted by molar-refractivity contribution is 5.85. The molecule has 0 amide bonds. The molecule has 3 nitrogen and oxygen atoms in total. The summed E-state index contributed by atoms with van der Waals surface area (Å²) in [5, 5.41) is 0. The lowest BCUT2D eigenvalue weighted by atomic mass is 10.4. The van der Waals surface area contributed by atoms with E-state index in [1.807, 2.05) is 6.92 Å². The lowest BCUT2D eigenvalue weighted by Crippen LogP contribution is -2.23. The van der Waals surface area contributed by atoms with Gasteiger partial charge in [-0.25, -0.2) is 0 Å². The maximum atomic E-state index is 5.13. The van der Waals surface area contributed by atoms with Gasteiger partial charge in [0.1, 0.15) is 6.10 Å². The highest BCUT2D eigenvalue weighted by Crippen LogP contribution is 1.91. The van der Waals surface area contributed by atoms with Crippen LogP contribution in [0.1, 0.15) is 6.92 Å². The summed E-state index contributed by atoms with van der Waals surface area (Å²) in [4.78, 5) is 0. The molecule has 11 heavy (non-hydrogen) atoms. The maximum absolute atomic E-state index is 5.13. The Bertz CT molecular complexity index is 70.7. The fourth-order valence-electron chi connectivity index (χ4n) is 0.619. The summed E-state index contributed by atoms with van der Waals surface area (Å²) in [6.45, 7) is 3.89. The van der Waals surface area contributed by atoms with Gasteiger partial charge in [-0.15, -0.1) is 12.4 Å². The van der Waals surface area contributed by atoms with E-state index >= 15 is 0 Å². The predicted molar refractivity (Wildman–Crippen MR) is 46.4 cm³/mol. The molecule has 4 heteroatoms. The number of rotatable bonds is 6. The van der Waals surface area contributed by atoms with Crippen molar-refractivity contribution in [2.75, 3.05) is 34.0 Å². The Morgan fingerprint density at radius 3 is 2.18 bits per heavy atom. The summed E-state index contributed by atoms with van der Waals surface area (Å²) in [5.41, 5.74) is 0. The molecule has 0 aliphatic heterocycles. The fourth-order valence-corrected chi connectivity index (χ4v) is 0.619. The largest absolute Gasteiger partial charge is 0.382 e. The minimum absolute atomic E-state index is 0. The highest BCUT2D eigenvalue weighted by Gasteiger charge is 2.04. The lowest BCUT2D eigenvalue weighted by Gasteiger charge is -2.13. The average molecular weight is 185 g/mol. The van der Waals surface area contributed by atoms with Gasteiger partial charge in [0.25, 0.3) is 0 Å². The minimum atomic E-state index is 0. The molecule has 1 unspecified atom stereocenters. The van der Waals surface area contributed by atoms with Crippen molar-refractivity contribution in [3.63, 3.8) is 0 Å². The van der Waals surface area contributed by atoms with E-state index in [1.54, 1.807) is 14.2 Å². The second-order valence-corrected chi connectivity index (χ2v) is 1.97. The van der Waals surface area contributed by atoms with Crippen LogP contribution in [0.2, 0.25) is 0 Å². The third kappa shape index (κ3) is 8.07. The number of ether oxygens (including phenoxy) is 3. The first kappa shape index (κ1) is 13.7. The van der Waals surface area contributed by atoms with E-state index in [2.05, 4.69) is 0 Å². The van der Waals surface area contributed by atoms with Crippen LogP contribution < -0.4 is 0 Å². The van der Waals surface area contributed by atoms with Crippen molar-refractivity contribution in [1.82, 2.24) is 0 Å². The molecule has 0 aromatic heterocycles. The normalized spacial score (nSPS) is 12.3. The van der Waals surface area contributed by atoms with Gasteiger partial charge in [0.05, 0.1) is 13.2 Å². The van der Waals surface area contributed by atoms with Crippen LogP contribution in [0.15, 0.2) is 0 Å². The SMILES string of the molecule is CCOCC(COC)OC.Cl. The van der Waals surface area contributed by atoms with Crippen molar-refractivity contribution in [3.8, 4) is 0 Å². The van der Waals surface area contributed by atoms with Crippen molar-refractivity contribution in [3.05, 3.63) is 0 Å². The molecule has 70 valence electrons. The van der Waals surface area contributed by atoms with Crippen LogP contribution in [-0.4, -0.2) is 40.1 Å². The van der Waals surface area contributed by atoms with E-state index in [4.69, 9.17) is 14.2 Å². The first-order valence-corrected chi connectivity index (χ1v) is 3.44. The summed E-state index contributed by atoms with van der Waals surface area (Å²) < 4.78 is 15.1. The molecule has 0 aromatic carbocycles. The van der Waals surface area contributed by atoms with Crippen LogP contribution >= 0.6 is 12.4 Å². The number of hydrogen-bond acceptors (Lipinski definition) is 3. The standard InChI is InChI=1S/C7H16O3.ClH/c1-4-10-6-7(9-3)5-8-2;/h7H,4-6H2,1-3H3;1H. The molecule has 0 heterocycles. The third-order valence-electron chi connectivity index (χ3n) is 1.19. The van der Waals surface area contributed by atoms with Gasteiger partial charge in [-0.05, 0) is 6.92 Å². The van der Waals surface area contributed by atoms with Crippen molar-refractivity contribution < 1.29 is 14.2 Å². The van der Waals surface area contributed by atoms with Gasteiger partial charge in [0.2, 0.25) is 0 Å². The first-order valence-electron chi connectivity index (χ1n) is 3.44. The molecular formula is C7H17ClO3. The van der Waals surface area contributed by atoms with E-state index in [0.29, 0.717) is 13.2 Å². The van der Waals surface area contributed by atoms with E-state index in [9.17, 15) is 0 Å². The zero-order chi connectivity index (χ0) is 7.82. The summed E-state index contributed by atoms with van der Waals surface area (Å²) in [5.74, 6) is 0. The van der Waals surface area contributed by atoms with E-state index < -0.39 is 0 Å². The van der Waals surface area contributed by atoms with E-state index in [1.165, 1.54) is 0 Å². The predicted octanol–water partition coefficient (Wildman–Crippen LogP) is 1.11. The Morgan fingerprint density at radius 2 is 1.82 bits per heavy atom. The van der Waals surface area contributed by atoms with Gasteiger partial charge in [-0.1, -0.05) is 0 Å². The van der Waals surface area contributed by atoms with Gasteiger partial charge in [-0.3, -0.25) is 0 Å². The number of hydrogen-bond donors (Lipinski definition) is 0. The van der Waals surface area contributed by atoms with Crippen LogP contribution in [-0.2, 0) is 14.2 Å². The van der Waals surface area contributed by atoms with Crippen molar-refractivity contribution >= 4 is 12.4 Å². The number of methoxy groups -OCH3 is 2. The van der Waals surface area contributed by atoms with Gasteiger partial charge in [-0.2, -0.15) is 0 Å². The summed E-state index contributed by atoms with van der Waals surface area (Å²) in [6, 6.07) is 0. The van der Waals surface area contributed by atoms with Crippen molar-refractivity contribution in [1.29, 1.82) is 0 Å². The summed E-state index contributed by atoms with van der Waals surface area (Å²) in [7, 11) is 3.31. The Labute approximate surface area is 74.4 Å². The average Bonchev–Trinajstić information content (AvgIpc) is 1.98. The molecule has 0 saturated heterocycles. The Kier molecular flexibility index (Phi) is 12.7. The molecule has 0 N–H and O–H groups in total. The topological polar surface area (TPSA) is 27.7 Å². The van der Waals surface area contributed by atoms with Crippen LogP contribution in [0, 0.1) is 0 Å². The lowest BCUT2D eigenvalue weighted by molar-refractivity contribution is -0.0276. The van der Waals surface area contributed by atoms with E-state index in [0.717, 1.165) is 6.61 Å². The molecule has 1 atom stereocenters. The number of halogens is 1. The first-order chi connectivity index (χ1) is 4.85. The molecule has 0 aromatic rings. The smallest absolute Gasteiger partial charge is 0.104 e. The molecular weight excluding hydrogens is 168 g/mol. The van der Waals surface area contributed by atoms with Gasteiger partial charge in [0.15, 0.2) is 0 Å².